The Morgan fingerprint density at radius 1 is 0.960 bits per heavy atom. The minimum absolute atomic E-state index is 0.0416. The van der Waals surface area contributed by atoms with Gasteiger partial charge >= 0.3 is 0 Å². The molecule has 0 rings (SSSR count). The zero-order valence-corrected chi connectivity index (χ0v) is 18.3. The van der Waals surface area contributed by atoms with Crippen molar-refractivity contribution >= 4 is 11.6 Å². The Morgan fingerprint density at radius 2 is 1.44 bits per heavy atom. The first-order chi connectivity index (χ1) is 11.1. The Balaban J connectivity index is 4.90. The molecular formula is C20H39ClO4. The first-order valence-corrected chi connectivity index (χ1v) is 9.49. The second kappa shape index (κ2) is 9.70. The van der Waals surface area contributed by atoms with Crippen molar-refractivity contribution in [3.8, 4) is 0 Å². The van der Waals surface area contributed by atoms with E-state index in [1.807, 2.05) is 61.5 Å². The van der Waals surface area contributed by atoms with E-state index in [0.717, 1.165) is 6.42 Å². The molecule has 0 aliphatic heterocycles. The molecule has 0 saturated heterocycles. The summed E-state index contributed by atoms with van der Waals surface area (Å²) in [6, 6.07) is 0. The van der Waals surface area contributed by atoms with Gasteiger partial charge in [0.25, 0.3) is 6.48 Å². The van der Waals surface area contributed by atoms with Gasteiger partial charge in [-0.05, 0) is 68.2 Å². The van der Waals surface area contributed by atoms with E-state index in [1.165, 1.54) is 0 Å². The lowest BCUT2D eigenvalue weighted by molar-refractivity contribution is -0.330. The number of aliphatic hydroxyl groups excluding tert-OH is 1. The van der Waals surface area contributed by atoms with Crippen molar-refractivity contribution in [3.05, 3.63) is 12.7 Å². The first kappa shape index (κ1) is 24.9. The summed E-state index contributed by atoms with van der Waals surface area (Å²) in [7, 11) is 0. The van der Waals surface area contributed by atoms with E-state index in [2.05, 4.69) is 13.5 Å². The predicted octanol–water partition coefficient (Wildman–Crippen LogP) is 5.27. The van der Waals surface area contributed by atoms with Gasteiger partial charge in [-0.25, -0.2) is 0 Å². The summed E-state index contributed by atoms with van der Waals surface area (Å²) in [5, 5.41) is 10.2. The van der Waals surface area contributed by atoms with Gasteiger partial charge < -0.3 is 19.3 Å². The van der Waals surface area contributed by atoms with Gasteiger partial charge in [-0.2, -0.15) is 0 Å². The van der Waals surface area contributed by atoms with Crippen LogP contribution < -0.4 is 0 Å². The molecule has 0 aliphatic rings. The Morgan fingerprint density at radius 3 is 1.84 bits per heavy atom. The molecule has 0 aromatic heterocycles. The summed E-state index contributed by atoms with van der Waals surface area (Å²) in [6.07, 6.45) is 3.16. The maximum absolute atomic E-state index is 10.2. The van der Waals surface area contributed by atoms with Crippen LogP contribution in [-0.2, 0) is 14.2 Å². The van der Waals surface area contributed by atoms with Crippen molar-refractivity contribution in [2.45, 2.75) is 110 Å². The smallest absolute Gasteiger partial charge is 0.269 e. The highest BCUT2D eigenvalue weighted by molar-refractivity contribution is 6.23. The Bertz CT molecular complexity index is 403. The number of ether oxygens (including phenoxy) is 3. The molecule has 4 atom stereocenters. The molecule has 0 aromatic carbocycles. The zero-order chi connectivity index (χ0) is 20.1. The third-order valence-corrected chi connectivity index (χ3v) is 4.71. The third-order valence-electron chi connectivity index (χ3n) is 4.56. The molecule has 0 radical (unpaired) electrons. The normalized spacial score (nSPS) is 19.4. The summed E-state index contributed by atoms with van der Waals surface area (Å²) in [5.41, 5.74) is -1.10. The monoisotopic (exact) mass is 378 g/mol. The van der Waals surface area contributed by atoms with E-state index in [9.17, 15) is 5.11 Å². The van der Waals surface area contributed by atoms with Gasteiger partial charge in [0, 0.05) is 10.3 Å². The van der Waals surface area contributed by atoms with Crippen molar-refractivity contribution in [2.24, 2.45) is 5.41 Å². The first-order valence-electron chi connectivity index (χ1n) is 9.11. The van der Waals surface area contributed by atoms with Crippen molar-refractivity contribution in [1.82, 2.24) is 0 Å². The van der Waals surface area contributed by atoms with Crippen LogP contribution in [0.3, 0.4) is 0 Å². The van der Waals surface area contributed by atoms with Gasteiger partial charge in [-0.3, -0.25) is 0 Å². The van der Waals surface area contributed by atoms with Crippen LogP contribution in [0.5, 0.6) is 0 Å². The SMILES string of the molecule is C=CC(C)(CC(C)OC(C)C)C(C)(C)OC(O)OC(C)CC(C)(C)Cl. The van der Waals surface area contributed by atoms with Crippen molar-refractivity contribution < 1.29 is 19.3 Å². The third kappa shape index (κ3) is 9.39. The molecule has 1 N–H and O–H groups in total. The van der Waals surface area contributed by atoms with Gasteiger partial charge in [-0.15, -0.1) is 18.2 Å². The fraction of sp³-hybridized carbons (Fsp3) is 0.900. The Hall–Kier alpha value is -0.130. The second-order valence-electron chi connectivity index (χ2n) is 8.63. The van der Waals surface area contributed by atoms with Crippen molar-refractivity contribution in [3.63, 3.8) is 0 Å². The molecular weight excluding hydrogens is 340 g/mol. The molecule has 25 heavy (non-hydrogen) atoms. The van der Waals surface area contributed by atoms with Crippen LogP contribution in [0.15, 0.2) is 12.7 Å². The lowest BCUT2D eigenvalue weighted by Gasteiger charge is -2.44. The number of halogens is 1. The van der Waals surface area contributed by atoms with Gasteiger partial charge in [0.2, 0.25) is 0 Å². The van der Waals surface area contributed by atoms with Crippen LogP contribution >= 0.6 is 11.6 Å². The molecule has 0 heterocycles. The largest absolute Gasteiger partial charge is 0.376 e. The number of hydrogen-bond acceptors (Lipinski definition) is 4. The predicted molar refractivity (Wildman–Crippen MR) is 105 cm³/mol. The molecule has 0 spiro atoms. The van der Waals surface area contributed by atoms with E-state index in [0.29, 0.717) is 6.42 Å². The summed E-state index contributed by atoms with van der Waals surface area (Å²) in [6.45, 7) is 20.3. The molecule has 5 heteroatoms. The zero-order valence-electron chi connectivity index (χ0n) is 17.6. The van der Waals surface area contributed by atoms with E-state index < -0.39 is 22.4 Å². The molecule has 150 valence electrons. The van der Waals surface area contributed by atoms with E-state index in [-0.39, 0.29) is 18.3 Å². The maximum atomic E-state index is 10.2. The van der Waals surface area contributed by atoms with Crippen molar-refractivity contribution in [2.75, 3.05) is 0 Å². The van der Waals surface area contributed by atoms with Crippen LogP contribution in [-0.4, -0.2) is 40.4 Å². The Labute approximate surface area is 159 Å². The molecule has 4 nitrogen and oxygen atoms in total. The lowest BCUT2D eigenvalue weighted by Crippen LogP contribution is -2.47. The van der Waals surface area contributed by atoms with Gasteiger partial charge in [0.05, 0.1) is 23.9 Å². The van der Waals surface area contributed by atoms with E-state index in [1.54, 1.807) is 0 Å². The quantitative estimate of drug-likeness (QED) is 0.285. The van der Waals surface area contributed by atoms with Crippen LogP contribution in [0.1, 0.15) is 75.2 Å². The summed E-state index contributed by atoms with van der Waals surface area (Å²) in [5.74, 6) is 0. The fourth-order valence-electron chi connectivity index (χ4n) is 3.03. The summed E-state index contributed by atoms with van der Waals surface area (Å²) in [4.78, 5) is -0.395. The average molecular weight is 379 g/mol. The molecule has 0 amide bonds. The average Bonchev–Trinajstić information content (AvgIpc) is 2.33. The number of alkyl halides is 1. The molecule has 0 fully saturated rings. The standard InChI is InChI=1S/C20H39ClO4/c1-11-20(10,13-16(5)23-14(2)3)19(8,9)25-17(22)24-15(4)12-18(6,7)21/h11,14-17,22H,1,12-13H2,2-10H3. The van der Waals surface area contributed by atoms with Gasteiger partial charge in [-0.1, -0.05) is 13.0 Å². The minimum atomic E-state index is -1.33. The fourth-order valence-corrected chi connectivity index (χ4v) is 3.25. The number of rotatable bonds is 12. The van der Waals surface area contributed by atoms with Crippen LogP contribution in [0.4, 0.5) is 0 Å². The molecule has 0 aliphatic carbocycles. The highest BCUT2D eigenvalue weighted by atomic mass is 35.5. The highest BCUT2D eigenvalue weighted by Gasteiger charge is 2.43. The summed E-state index contributed by atoms with van der Waals surface area (Å²) < 4.78 is 17.3. The van der Waals surface area contributed by atoms with E-state index in [4.69, 9.17) is 25.8 Å². The topological polar surface area (TPSA) is 47.9 Å². The minimum Gasteiger partial charge on any atom is -0.376 e. The summed E-state index contributed by atoms with van der Waals surface area (Å²) >= 11 is 6.21. The lowest BCUT2D eigenvalue weighted by atomic mass is 9.71. The van der Waals surface area contributed by atoms with E-state index >= 15 is 0 Å². The Kier molecular flexibility index (Phi) is 9.65. The maximum Gasteiger partial charge on any atom is 0.269 e. The molecule has 4 unspecified atom stereocenters. The van der Waals surface area contributed by atoms with Crippen LogP contribution in [0.25, 0.3) is 0 Å². The second-order valence-corrected chi connectivity index (χ2v) is 9.65. The number of hydrogen-bond donors (Lipinski definition) is 1. The van der Waals surface area contributed by atoms with Crippen LogP contribution in [0, 0.1) is 5.41 Å². The molecule has 0 bridgehead atoms. The van der Waals surface area contributed by atoms with Gasteiger partial charge in [0.15, 0.2) is 0 Å². The number of aliphatic hydroxyl groups is 1. The van der Waals surface area contributed by atoms with Crippen LogP contribution in [0.2, 0.25) is 0 Å². The highest BCUT2D eigenvalue weighted by Crippen LogP contribution is 2.41. The molecule has 0 aromatic rings. The van der Waals surface area contributed by atoms with Gasteiger partial charge in [0.1, 0.15) is 0 Å². The van der Waals surface area contributed by atoms with Crippen molar-refractivity contribution in [1.29, 1.82) is 0 Å². The molecule has 0 saturated carbocycles.